The van der Waals surface area contributed by atoms with Crippen LogP contribution in [0.25, 0.3) is 0 Å². The summed E-state index contributed by atoms with van der Waals surface area (Å²) in [6.45, 7) is 0.614. The molecule has 120 valence electrons. The van der Waals surface area contributed by atoms with Gasteiger partial charge < -0.3 is 9.64 Å². The molecule has 0 fully saturated rings. The van der Waals surface area contributed by atoms with E-state index >= 15 is 0 Å². The number of ether oxygens (including phenoxy) is 1. The lowest BCUT2D eigenvalue weighted by molar-refractivity contribution is -0.140. The van der Waals surface area contributed by atoms with Gasteiger partial charge in [0.2, 0.25) is 0 Å². The molecule has 0 aliphatic heterocycles. The topological polar surface area (TPSA) is 59.5 Å². The second-order valence-electron chi connectivity index (χ2n) is 4.92. The van der Waals surface area contributed by atoms with Gasteiger partial charge in [-0.1, -0.05) is 23.7 Å². The number of hydrogen-bond acceptors (Lipinski definition) is 4. The summed E-state index contributed by atoms with van der Waals surface area (Å²) in [4.78, 5) is 29.7. The number of benzene rings is 1. The fraction of sp³-hybridized carbons (Fsp3) is 0.235. The summed E-state index contributed by atoms with van der Waals surface area (Å²) in [5.74, 6) is -0.555. The van der Waals surface area contributed by atoms with E-state index in [1.54, 1.807) is 47.6 Å². The fourth-order valence-corrected chi connectivity index (χ4v) is 2.29. The van der Waals surface area contributed by atoms with E-state index in [2.05, 4.69) is 9.72 Å². The maximum atomic E-state index is 12.7. The van der Waals surface area contributed by atoms with Gasteiger partial charge >= 0.3 is 5.97 Å². The zero-order valence-corrected chi connectivity index (χ0v) is 13.5. The van der Waals surface area contributed by atoms with Gasteiger partial charge in [0.1, 0.15) is 0 Å². The van der Waals surface area contributed by atoms with Gasteiger partial charge in [0.25, 0.3) is 5.91 Å². The zero-order chi connectivity index (χ0) is 16.7. The van der Waals surface area contributed by atoms with Gasteiger partial charge in [-0.3, -0.25) is 14.6 Å². The van der Waals surface area contributed by atoms with Crippen LogP contribution in [-0.2, 0) is 16.1 Å². The quantitative estimate of drug-likeness (QED) is 0.763. The van der Waals surface area contributed by atoms with E-state index in [1.807, 2.05) is 6.07 Å². The first-order chi connectivity index (χ1) is 11.1. The van der Waals surface area contributed by atoms with Gasteiger partial charge in [0, 0.05) is 36.1 Å². The Balaban J connectivity index is 2.17. The normalized spacial score (nSPS) is 10.2. The molecule has 1 heterocycles. The third kappa shape index (κ3) is 5.07. The molecule has 0 unspecified atom stereocenters. The Labute approximate surface area is 139 Å². The largest absolute Gasteiger partial charge is 0.469 e. The van der Waals surface area contributed by atoms with Crippen LogP contribution in [0.1, 0.15) is 22.3 Å². The Bertz CT molecular complexity index is 677. The van der Waals surface area contributed by atoms with Crippen LogP contribution in [0.2, 0.25) is 5.02 Å². The second-order valence-corrected chi connectivity index (χ2v) is 5.36. The summed E-state index contributed by atoms with van der Waals surface area (Å²) in [7, 11) is 1.33. The minimum absolute atomic E-state index is 0.128. The van der Waals surface area contributed by atoms with Crippen LogP contribution in [0, 0.1) is 0 Å². The number of aromatic nitrogens is 1. The van der Waals surface area contributed by atoms with Crippen LogP contribution in [0.15, 0.2) is 48.8 Å². The number of rotatable bonds is 6. The van der Waals surface area contributed by atoms with E-state index in [1.165, 1.54) is 7.11 Å². The maximum absolute atomic E-state index is 12.7. The average Bonchev–Trinajstić information content (AvgIpc) is 2.58. The number of carbonyl (C=O) groups is 2. The minimum Gasteiger partial charge on any atom is -0.469 e. The Morgan fingerprint density at radius 1 is 1.26 bits per heavy atom. The molecule has 6 heteroatoms. The minimum atomic E-state index is -0.361. The van der Waals surface area contributed by atoms with Gasteiger partial charge in [0.15, 0.2) is 0 Å². The van der Waals surface area contributed by atoms with Gasteiger partial charge in [-0.15, -0.1) is 0 Å². The first kappa shape index (κ1) is 17.0. The molecule has 0 aliphatic rings. The predicted molar refractivity (Wildman–Crippen MR) is 87.1 cm³/mol. The summed E-state index contributed by atoms with van der Waals surface area (Å²) in [6.07, 6.45) is 3.49. The van der Waals surface area contributed by atoms with Crippen molar-refractivity contribution in [1.82, 2.24) is 9.88 Å². The summed E-state index contributed by atoms with van der Waals surface area (Å²) >= 11 is 5.95. The molecule has 2 aromatic rings. The van der Waals surface area contributed by atoms with Crippen LogP contribution >= 0.6 is 11.6 Å². The van der Waals surface area contributed by atoms with E-state index in [9.17, 15) is 9.59 Å². The number of amides is 1. The molecule has 1 aromatic carbocycles. The van der Waals surface area contributed by atoms with Gasteiger partial charge in [-0.05, 0) is 29.8 Å². The first-order valence-electron chi connectivity index (χ1n) is 7.10. The Hall–Kier alpha value is -2.40. The highest BCUT2D eigenvalue weighted by atomic mass is 35.5. The van der Waals surface area contributed by atoms with Crippen LogP contribution < -0.4 is 0 Å². The molecule has 0 N–H and O–H groups in total. The molecule has 1 aromatic heterocycles. The maximum Gasteiger partial charge on any atom is 0.307 e. The lowest BCUT2D eigenvalue weighted by Gasteiger charge is -2.22. The summed E-state index contributed by atoms with van der Waals surface area (Å²) in [5, 5.41) is 0.491. The Morgan fingerprint density at radius 3 is 2.74 bits per heavy atom. The van der Waals surface area contributed by atoms with Crippen molar-refractivity contribution < 1.29 is 14.3 Å². The van der Waals surface area contributed by atoms with E-state index < -0.39 is 0 Å². The molecule has 0 atom stereocenters. The number of pyridine rings is 1. The molecular weight excluding hydrogens is 316 g/mol. The zero-order valence-electron chi connectivity index (χ0n) is 12.7. The lowest BCUT2D eigenvalue weighted by atomic mass is 10.1. The predicted octanol–water partition coefficient (Wildman–Crippen LogP) is 2.94. The van der Waals surface area contributed by atoms with Crippen molar-refractivity contribution >= 4 is 23.5 Å². The van der Waals surface area contributed by atoms with Crippen molar-refractivity contribution in [3.8, 4) is 0 Å². The monoisotopic (exact) mass is 332 g/mol. The number of nitrogens with zero attached hydrogens (tertiary/aromatic N) is 2. The van der Waals surface area contributed by atoms with Gasteiger partial charge in [0.05, 0.1) is 13.5 Å². The molecule has 0 spiro atoms. The Kier molecular flexibility index (Phi) is 6.11. The molecule has 2 rings (SSSR count). The first-order valence-corrected chi connectivity index (χ1v) is 7.48. The highest BCUT2D eigenvalue weighted by Gasteiger charge is 2.18. The van der Waals surface area contributed by atoms with Crippen molar-refractivity contribution in [2.45, 2.75) is 13.0 Å². The highest BCUT2D eigenvalue weighted by molar-refractivity contribution is 6.30. The number of methoxy groups -OCH3 is 1. The van der Waals surface area contributed by atoms with Crippen LogP contribution in [0.3, 0.4) is 0 Å². The molecule has 5 nitrogen and oxygen atoms in total. The summed E-state index contributed by atoms with van der Waals surface area (Å²) in [5.41, 5.74) is 1.36. The van der Waals surface area contributed by atoms with Crippen molar-refractivity contribution in [3.63, 3.8) is 0 Å². The van der Waals surface area contributed by atoms with Crippen molar-refractivity contribution in [3.05, 3.63) is 64.9 Å². The molecule has 0 bridgehead atoms. The van der Waals surface area contributed by atoms with E-state index in [4.69, 9.17) is 11.6 Å². The van der Waals surface area contributed by atoms with E-state index in [-0.39, 0.29) is 24.8 Å². The smallest absolute Gasteiger partial charge is 0.307 e. The van der Waals surface area contributed by atoms with Gasteiger partial charge in [-0.2, -0.15) is 0 Å². The van der Waals surface area contributed by atoms with E-state index in [0.717, 1.165) is 5.56 Å². The molecule has 0 saturated carbocycles. The van der Waals surface area contributed by atoms with Gasteiger partial charge in [-0.25, -0.2) is 0 Å². The van der Waals surface area contributed by atoms with Crippen LogP contribution in [0.4, 0.5) is 0 Å². The third-order valence-electron chi connectivity index (χ3n) is 3.27. The lowest BCUT2D eigenvalue weighted by Crippen LogP contribution is -2.32. The van der Waals surface area contributed by atoms with Crippen LogP contribution in [-0.4, -0.2) is 35.4 Å². The van der Waals surface area contributed by atoms with E-state index in [0.29, 0.717) is 17.1 Å². The number of carbonyl (C=O) groups excluding carboxylic acids is 2. The molecule has 1 amide bonds. The SMILES string of the molecule is COC(=O)CCN(Cc1cccnc1)C(=O)c1cccc(Cl)c1. The Morgan fingerprint density at radius 2 is 2.09 bits per heavy atom. The molecule has 0 radical (unpaired) electrons. The fourth-order valence-electron chi connectivity index (χ4n) is 2.10. The molecule has 0 saturated heterocycles. The van der Waals surface area contributed by atoms with Crippen LogP contribution in [0.5, 0.6) is 0 Å². The average molecular weight is 333 g/mol. The third-order valence-corrected chi connectivity index (χ3v) is 3.50. The number of halogens is 1. The molecular formula is C17H17ClN2O3. The highest BCUT2D eigenvalue weighted by Crippen LogP contribution is 2.15. The number of hydrogen-bond donors (Lipinski definition) is 0. The number of esters is 1. The van der Waals surface area contributed by atoms with Crippen molar-refractivity contribution in [1.29, 1.82) is 0 Å². The van der Waals surface area contributed by atoms with Crippen molar-refractivity contribution in [2.75, 3.05) is 13.7 Å². The van der Waals surface area contributed by atoms with Crippen molar-refractivity contribution in [2.24, 2.45) is 0 Å². The standard InChI is InChI=1S/C17H17ClN2O3/c1-23-16(21)7-9-20(12-13-4-3-8-19-11-13)17(22)14-5-2-6-15(18)10-14/h2-6,8,10-11H,7,9,12H2,1H3. The molecule has 23 heavy (non-hydrogen) atoms. The second kappa shape index (κ2) is 8.29. The summed E-state index contributed by atoms with van der Waals surface area (Å²) in [6, 6.07) is 10.4. The molecule has 0 aliphatic carbocycles. The summed E-state index contributed by atoms with van der Waals surface area (Å²) < 4.78 is 4.65.